The normalized spacial score (nSPS) is 20.3. The molecule has 0 fully saturated rings. The van der Waals surface area contributed by atoms with Crippen molar-refractivity contribution in [2.75, 3.05) is 11.9 Å². The first-order valence-corrected chi connectivity index (χ1v) is 11.3. The molecule has 0 amide bonds. The summed E-state index contributed by atoms with van der Waals surface area (Å²) >= 11 is 0. The Labute approximate surface area is 193 Å². The minimum atomic E-state index is -0.370. The molecule has 33 heavy (non-hydrogen) atoms. The van der Waals surface area contributed by atoms with Gasteiger partial charge in [0.05, 0.1) is 23.8 Å². The predicted molar refractivity (Wildman–Crippen MR) is 127 cm³/mol. The molecule has 0 bridgehead atoms. The van der Waals surface area contributed by atoms with Crippen LogP contribution in [0.2, 0.25) is 0 Å². The van der Waals surface area contributed by atoms with Gasteiger partial charge in [0, 0.05) is 11.6 Å². The summed E-state index contributed by atoms with van der Waals surface area (Å²) in [5, 5.41) is 3.67. The Bertz CT molecular complexity index is 1200. The predicted octanol–water partition coefficient (Wildman–Crippen LogP) is 5.91. The number of rotatable bonds is 5. The number of benzene rings is 3. The maximum atomic E-state index is 12.3. The Balaban J connectivity index is 1.36. The average Bonchev–Trinajstić information content (AvgIpc) is 3.35. The molecule has 0 saturated heterocycles. The third kappa shape index (κ3) is 4.14. The van der Waals surface area contributed by atoms with E-state index in [2.05, 4.69) is 17.5 Å². The van der Waals surface area contributed by atoms with Crippen LogP contribution in [0.3, 0.4) is 0 Å². The molecule has 0 spiro atoms. The second-order valence-corrected chi connectivity index (χ2v) is 8.32. The molecule has 1 aliphatic carbocycles. The zero-order valence-corrected chi connectivity index (χ0v) is 18.4. The van der Waals surface area contributed by atoms with Crippen LogP contribution >= 0.6 is 0 Å². The maximum Gasteiger partial charge on any atom is 0.343 e. The highest BCUT2D eigenvalue weighted by Crippen LogP contribution is 2.50. The topological polar surface area (TPSA) is 64.6 Å². The van der Waals surface area contributed by atoms with Crippen LogP contribution in [0.1, 0.15) is 57.1 Å². The highest BCUT2D eigenvalue weighted by Gasteiger charge is 2.38. The van der Waals surface area contributed by atoms with E-state index >= 15 is 0 Å². The molecule has 3 aromatic carbocycles. The van der Waals surface area contributed by atoms with Gasteiger partial charge >= 0.3 is 11.9 Å². The summed E-state index contributed by atoms with van der Waals surface area (Å²) in [6, 6.07) is 22.5. The summed E-state index contributed by atoms with van der Waals surface area (Å²) < 4.78 is 10.7. The molecular weight excluding hydrogens is 414 g/mol. The Morgan fingerprint density at radius 2 is 1.73 bits per heavy atom. The Hall–Kier alpha value is -3.86. The van der Waals surface area contributed by atoms with E-state index in [1.165, 1.54) is 0 Å². The van der Waals surface area contributed by atoms with Crippen LogP contribution in [0.25, 0.3) is 0 Å². The number of carbonyl (C=O) groups excluding carboxylic acids is 2. The zero-order chi connectivity index (χ0) is 22.8. The number of hydrogen-bond acceptors (Lipinski definition) is 5. The van der Waals surface area contributed by atoms with Gasteiger partial charge in [-0.25, -0.2) is 9.59 Å². The van der Waals surface area contributed by atoms with Crippen LogP contribution in [-0.2, 0) is 4.74 Å². The fourth-order valence-electron chi connectivity index (χ4n) is 4.75. The first-order valence-electron chi connectivity index (χ1n) is 11.3. The molecule has 0 saturated carbocycles. The highest BCUT2D eigenvalue weighted by molar-refractivity contribution is 5.91. The third-order valence-electron chi connectivity index (χ3n) is 6.33. The summed E-state index contributed by atoms with van der Waals surface area (Å²) in [6.07, 6.45) is 5.41. The number of fused-ring (bicyclic) bond motifs is 3. The lowest BCUT2D eigenvalue weighted by atomic mass is 9.76. The lowest BCUT2D eigenvalue weighted by Gasteiger charge is -2.37. The lowest BCUT2D eigenvalue weighted by Crippen LogP contribution is -2.29. The SMILES string of the molecule is CCOC(=O)c1ccc2c(c1)[C@@H]1C=CC[C@@H]1[C@H](c1ccc(OC(=O)c3ccccc3)cc1)N2. The van der Waals surface area contributed by atoms with Crippen molar-refractivity contribution in [3.63, 3.8) is 0 Å². The van der Waals surface area contributed by atoms with Gasteiger partial charge in [0.25, 0.3) is 0 Å². The van der Waals surface area contributed by atoms with Crippen molar-refractivity contribution in [1.29, 1.82) is 0 Å². The van der Waals surface area contributed by atoms with Crippen LogP contribution in [0, 0.1) is 5.92 Å². The molecule has 1 heterocycles. The molecule has 1 aliphatic heterocycles. The van der Waals surface area contributed by atoms with Crippen molar-refractivity contribution in [3.8, 4) is 5.75 Å². The van der Waals surface area contributed by atoms with Crippen molar-refractivity contribution in [2.24, 2.45) is 5.92 Å². The summed E-state index contributed by atoms with van der Waals surface area (Å²) in [4.78, 5) is 24.5. The molecule has 166 valence electrons. The van der Waals surface area contributed by atoms with Gasteiger partial charge in [-0.2, -0.15) is 0 Å². The van der Waals surface area contributed by atoms with E-state index in [-0.39, 0.29) is 23.9 Å². The number of anilines is 1. The second-order valence-electron chi connectivity index (χ2n) is 8.32. The zero-order valence-electron chi connectivity index (χ0n) is 18.4. The molecule has 2 aliphatic rings. The van der Waals surface area contributed by atoms with Gasteiger partial charge < -0.3 is 14.8 Å². The van der Waals surface area contributed by atoms with E-state index in [4.69, 9.17) is 9.47 Å². The Kier molecular flexibility index (Phi) is 5.69. The molecule has 5 heteroatoms. The first-order chi connectivity index (χ1) is 16.1. The standard InChI is InChI=1S/C28H25NO4/c1-2-32-27(30)20-13-16-25-24(17-20)22-9-6-10-23(22)26(29-25)18-11-14-21(15-12-18)33-28(31)19-7-4-3-5-8-19/h3-9,11-17,22-23,26,29H,2,10H2,1H3/t22-,23+,26+/m1/s1. The molecule has 1 N–H and O–H groups in total. The molecule has 3 atom stereocenters. The van der Waals surface area contributed by atoms with E-state index in [0.29, 0.717) is 29.4 Å². The molecule has 0 radical (unpaired) electrons. The van der Waals surface area contributed by atoms with Crippen molar-refractivity contribution in [2.45, 2.75) is 25.3 Å². The van der Waals surface area contributed by atoms with Gasteiger partial charge in [-0.3, -0.25) is 0 Å². The van der Waals surface area contributed by atoms with Crippen LogP contribution in [0.15, 0.2) is 84.9 Å². The second kappa shape index (κ2) is 8.94. The molecule has 3 aromatic rings. The molecule has 0 aromatic heterocycles. The van der Waals surface area contributed by atoms with Gasteiger partial charge in [-0.1, -0.05) is 42.5 Å². The average molecular weight is 440 g/mol. The number of ether oxygens (including phenoxy) is 2. The van der Waals surface area contributed by atoms with E-state index < -0.39 is 0 Å². The van der Waals surface area contributed by atoms with Gasteiger partial charge in [0.1, 0.15) is 5.75 Å². The van der Waals surface area contributed by atoms with Crippen LogP contribution in [0.4, 0.5) is 5.69 Å². The molecule has 5 nitrogen and oxygen atoms in total. The number of nitrogens with one attached hydrogen (secondary N) is 1. The number of esters is 2. The van der Waals surface area contributed by atoms with Crippen molar-refractivity contribution in [1.82, 2.24) is 0 Å². The van der Waals surface area contributed by atoms with Crippen LogP contribution < -0.4 is 10.1 Å². The number of hydrogen-bond donors (Lipinski definition) is 1. The number of carbonyl (C=O) groups is 2. The fourth-order valence-corrected chi connectivity index (χ4v) is 4.75. The van der Waals surface area contributed by atoms with E-state index in [1.807, 2.05) is 67.6 Å². The highest BCUT2D eigenvalue weighted by atomic mass is 16.5. The van der Waals surface area contributed by atoms with E-state index in [0.717, 1.165) is 23.2 Å². The van der Waals surface area contributed by atoms with Gasteiger partial charge in [0.2, 0.25) is 0 Å². The van der Waals surface area contributed by atoms with Gasteiger partial charge in [-0.05, 0) is 72.9 Å². The monoisotopic (exact) mass is 439 g/mol. The molecule has 0 unspecified atom stereocenters. The molecule has 5 rings (SSSR count). The fraction of sp³-hybridized carbons (Fsp3) is 0.214. The van der Waals surface area contributed by atoms with E-state index in [9.17, 15) is 9.59 Å². The van der Waals surface area contributed by atoms with Crippen molar-refractivity contribution >= 4 is 17.6 Å². The number of allylic oxidation sites excluding steroid dienone is 2. The van der Waals surface area contributed by atoms with E-state index in [1.54, 1.807) is 12.1 Å². The lowest BCUT2D eigenvalue weighted by molar-refractivity contribution is 0.0525. The minimum Gasteiger partial charge on any atom is -0.462 e. The molecular formula is C28H25NO4. The summed E-state index contributed by atoms with van der Waals surface area (Å²) in [7, 11) is 0. The third-order valence-corrected chi connectivity index (χ3v) is 6.33. The van der Waals surface area contributed by atoms with Gasteiger partial charge in [-0.15, -0.1) is 0 Å². The van der Waals surface area contributed by atoms with Gasteiger partial charge in [0.15, 0.2) is 0 Å². The Morgan fingerprint density at radius 3 is 2.48 bits per heavy atom. The largest absolute Gasteiger partial charge is 0.462 e. The quantitative estimate of drug-likeness (QED) is 0.304. The van der Waals surface area contributed by atoms with Crippen LogP contribution in [-0.4, -0.2) is 18.5 Å². The Morgan fingerprint density at radius 1 is 0.939 bits per heavy atom. The minimum absolute atomic E-state index is 0.116. The van der Waals surface area contributed by atoms with Crippen molar-refractivity contribution in [3.05, 3.63) is 107 Å². The van der Waals surface area contributed by atoms with Crippen molar-refractivity contribution < 1.29 is 19.1 Å². The maximum absolute atomic E-state index is 12.3. The van der Waals surface area contributed by atoms with Crippen LogP contribution in [0.5, 0.6) is 5.75 Å². The summed E-state index contributed by atoms with van der Waals surface area (Å²) in [5.41, 5.74) is 4.39. The summed E-state index contributed by atoms with van der Waals surface area (Å²) in [6.45, 7) is 2.17. The smallest absolute Gasteiger partial charge is 0.343 e. The summed E-state index contributed by atoms with van der Waals surface area (Å²) in [5.74, 6) is 0.431. The first kappa shape index (κ1) is 21.0.